The number of ether oxygens (including phenoxy) is 2. The predicted octanol–water partition coefficient (Wildman–Crippen LogP) is 3.07. The van der Waals surface area contributed by atoms with Gasteiger partial charge >= 0.3 is 6.03 Å². The van der Waals surface area contributed by atoms with Crippen molar-refractivity contribution < 1.29 is 18.7 Å². The quantitative estimate of drug-likeness (QED) is 0.836. The summed E-state index contributed by atoms with van der Waals surface area (Å²) in [6.07, 6.45) is 0. The Morgan fingerprint density at radius 2 is 2.30 bits per heavy atom. The SMILES string of the molecule is COCCOc1ccc(NC(=O)N2CCSC[C@H](C)C2)cc1F. The lowest BCUT2D eigenvalue weighted by atomic mass is 10.2. The maximum Gasteiger partial charge on any atom is 0.321 e. The van der Waals surface area contributed by atoms with Crippen molar-refractivity contribution in [3.8, 4) is 5.75 Å². The van der Waals surface area contributed by atoms with Gasteiger partial charge in [-0.2, -0.15) is 11.8 Å². The minimum absolute atomic E-state index is 0.153. The smallest absolute Gasteiger partial charge is 0.321 e. The van der Waals surface area contributed by atoms with Crippen LogP contribution >= 0.6 is 11.8 Å². The number of halogens is 1. The van der Waals surface area contributed by atoms with Gasteiger partial charge in [-0.3, -0.25) is 0 Å². The summed E-state index contributed by atoms with van der Waals surface area (Å²) >= 11 is 1.86. The molecule has 1 heterocycles. The highest BCUT2D eigenvalue weighted by Gasteiger charge is 2.20. The molecule has 1 saturated heterocycles. The Hall–Kier alpha value is -1.47. The van der Waals surface area contributed by atoms with E-state index in [9.17, 15) is 9.18 Å². The van der Waals surface area contributed by atoms with Crippen LogP contribution in [0.15, 0.2) is 18.2 Å². The number of methoxy groups -OCH3 is 1. The molecule has 1 aliphatic rings. The third kappa shape index (κ3) is 5.58. The Labute approximate surface area is 140 Å². The Bertz CT molecular complexity index is 530. The van der Waals surface area contributed by atoms with Gasteiger partial charge in [-0.05, 0) is 23.8 Å². The van der Waals surface area contributed by atoms with Crippen LogP contribution in [0.25, 0.3) is 0 Å². The van der Waals surface area contributed by atoms with Crippen molar-refractivity contribution >= 4 is 23.5 Å². The van der Waals surface area contributed by atoms with Gasteiger partial charge in [0.15, 0.2) is 11.6 Å². The maximum atomic E-state index is 14.0. The number of nitrogens with zero attached hydrogens (tertiary/aromatic N) is 1. The van der Waals surface area contributed by atoms with E-state index in [1.807, 2.05) is 11.8 Å². The summed E-state index contributed by atoms with van der Waals surface area (Å²) < 4.78 is 24.1. The molecule has 1 atom stereocenters. The first-order valence-electron chi connectivity index (χ1n) is 7.65. The van der Waals surface area contributed by atoms with Gasteiger partial charge in [-0.25, -0.2) is 9.18 Å². The number of thioether (sulfide) groups is 1. The lowest BCUT2D eigenvalue weighted by Gasteiger charge is -2.22. The minimum atomic E-state index is -0.501. The largest absolute Gasteiger partial charge is 0.488 e. The zero-order valence-corrected chi connectivity index (χ0v) is 14.3. The number of carbonyl (C=O) groups excluding carboxylic acids is 1. The van der Waals surface area contributed by atoms with Crippen LogP contribution in [0, 0.1) is 11.7 Å². The van der Waals surface area contributed by atoms with Crippen molar-refractivity contribution in [2.45, 2.75) is 6.92 Å². The molecule has 2 rings (SSSR count). The van der Waals surface area contributed by atoms with Gasteiger partial charge in [0.1, 0.15) is 6.61 Å². The fourth-order valence-corrected chi connectivity index (χ4v) is 3.32. The van der Waals surface area contributed by atoms with Gasteiger partial charge in [-0.15, -0.1) is 0 Å². The van der Waals surface area contributed by atoms with Crippen LogP contribution in [0.1, 0.15) is 6.92 Å². The van der Waals surface area contributed by atoms with E-state index < -0.39 is 5.82 Å². The summed E-state index contributed by atoms with van der Waals surface area (Å²) in [5.74, 6) is 2.10. The molecule has 5 nitrogen and oxygen atoms in total. The monoisotopic (exact) mass is 342 g/mol. The molecule has 7 heteroatoms. The lowest BCUT2D eigenvalue weighted by Crippen LogP contribution is -2.38. The second kappa shape index (κ2) is 8.98. The molecule has 0 bridgehead atoms. The van der Waals surface area contributed by atoms with E-state index in [1.165, 1.54) is 12.1 Å². The number of amides is 2. The summed E-state index contributed by atoms with van der Waals surface area (Å²) in [6.45, 7) is 4.23. The molecule has 1 N–H and O–H groups in total. The number of carbonyl (C=O) groups is 1. The highest BCUT2D eigenvalue weighted by molar-refractivity contribution is 7.99. The second-order valence-electron chi connectivity index (χ2n) is 5.54. The molecule has 0 spiro atoms. The zero-order valence-electron chi connectivity index (χ0n) is 13.5. The highest BCUT2D eigenvalue weighted by Crippen LogP contribution is 2.22. The van der Waals surface area contributed by atoms with Gasteiger partial charge in [0.05, 0.1) is 6.61 Å². The van der Waals surface area contributed by atoms with Crippen molar-refractivity contribution in [2.75, 3.05) is 50.2 Å². The van der Waals surface area contributed by atoms with E-state index in [2.05, 4.69) is 12.2 Å². The fourth-order valence-electron chi connectivity index (χ4n) is 2.30. The molecular weight excluding hydrogens is 319 g/mol. The van der Waals surface area contributed by atoms with Crippen LogP contribution in [0.4, 0.5) is 14.9 Å². The predicted molar refractivity (Wildman–Crippen MR) is 90.9 cm³/mol. The van der Waals surface area contributed by atoms with E-state index in [1.54, 1.807) is 18.1 Å². The third-order valence-corrected chi connectivity index (χ3v) is 4.73. The van der Waals surface area contributed by atoms with Gasteiger partial charge in [0.2, 0.25) is 0 Å². The van der Waals surface area contributed by atoms with Gasteiger partial charge in [0.25, 0.3) is 0 Å². The average molecular weight is 342 g/mol. The summed E-state index contributed by atoms with van der Waals surface area (Å²) in [4.78, 5) is 14.1. The molecule has 0 radical (unpaired) electrons. The van der Waals surface area contributed by atoms with E-state index in [4.69, 9.17) is 9.47 Å². The van der Waals surface area contributed by atoms with Crippen molar-refractivity contribution in [1.82, 2.24) is 4.90 Å². The molecule has 1 aromatic carbocycles. The number of rotatable bonds is 5. The Balaban J connectivity index is 1.94. The molecule has 0 saturated carbocycles. The van der Waals surface area contributed by atoms with Crippen molar-refractivity contribution in [1.29, 1.82) is 0 Å². The fraction of sp³-hybridized carbons (Fsp3) is 0.562. The van der Waals surface area contributed by atoms with Crippen LogP contribution in [0.5, 0.6) is 5.75 Å². The average Bonchev–Trinajstić information content (AvgIpc) is 2.74. The van der Waals surface area contributed by atoms with Crippen molar-refractivity contribution in [3.05, 3.63) is 24.0 Å². The minimum Gasteiger partial charge on any atom is -0.488 e. The summed E-state index contributed by atoms with van der Waals surface area (Å²) in [7, 11) is 1.56. The highest BCUT2D eigenvalue weighted by atomic mass is 32.2. The van der Waals surface area contributed by atoms with Gasteiger partial charge < -0.3 is 19.7 Å². The van der Waals surface area contributed by atoms with Gasteiger partial charge in [-0.1, -0.05) is 6.92 Å². The molecule has 0 aliphatic carbocycles. The maximum absolute atomic E-state index is 14.0. The van der Waals surface area contributed by atoms with Crippen molar-refractivity contribution in [3.63, 3.8) is 0 Å². The first-order valence-corrected chi connectivity index (χ1v) is 8.80. The Morgan fingerprint density at radius 3 is 3.04 bits per heavy atom. The molecule has 1 aromatic rings. The molecule has 0 unspecified atom stereocenters. The summed E-state index contributed by atoms with van der Waals surface area (Å²) in [5.41, 5.74) is 0.427. The Morgan fingerprint density at radius 1 is 1.48 bits per heavy atom. The topological polar surface area (TPSA) is 50.8 Å². The molecule has 1 aliphatic heterocycles. The molecule has 2 amide bonds. The second-order valence-corrected chi connectivity index (χ2v) is 6.69. The van der Waals surface area contributed by atoms with E-state index >= 15 is 0 Å². The summed E-state index contributed by atoms with van der Waals surface area (Å²) in [5, 5.41) is 2.75. The zero-order chi connectivity index (χ0) is 16.7. The molecular formula is C16H23FN2O3S. The molecule has 23 heavy (non-hydrogen) atoms. The van der Waals surface area contributed by atoms with Crippen LogP contribution < -0.4 is 10.1 Å². The van der Waals surface area contributed by atoms with E-state index in [0.29, 0.717) is 24.8 Å². The standard InChI is InChI=1S/C16H23FN2O3S/c1-12-10-19(5-8-23-11-12)16(20)18-13-3-4-15(14(17)9-13)22-7-6-21-2/h3-4,9,12H,5-8,10-11H2,1-2H3,(H,18,20)/t12-/m1/s1. The normalized spacial score (nSPS) is 18.4. The van der Waals surface area contributed by atoms with Crippen molar-refractivity contribution in [2.24, 2.45) is 5.92 Å². The lowest BCUT2D eigenvalue weighted by molar-refractivity contribution is 0.144. The first kappa shape index (κ1) is 17.9. The van der Waals surface area contributed by atoms with Crippen LogP contribution in [-0.4, -0.2) is 55.8 Å². The number of nitrogens with one attached hydrogen (secondary N) is 1. The molecule has 1 fully saturated rings. The van der Waals surface area contributed by atoms with Gasteiger partial charge in [0, 0.05) is 37.7 Å². The number of urea groups is 1. The van der Waals surface area contributed by atoms with Crippen LogP contribution in [0.2, 0.25) is 0 Å². The molecule has 0 aromatic heterocycles. The third-order valence-electron chi connectivity index (χ3n) is 3.46. The number of hydrogen-bond donors (Lipinski definition) is 1. The van der Waals surface area contributed by atoms with Crippen LogP contribution in [-0.2, 0) is 4.74 Å². The van der Waals surface area contributed by atoms with E-state index in [0.717, 1.165) is 18.1 Å². The summed E-state index contributed by atoms with van der Waals surface area (Å²) in [6, 6.07) is 4.24. The van der Waals surface area contributed by atoms with Crippen LogP contribution in [0.3, 0.4) is 0 Å². The number of benzene rings is 1. The number of hydrogen-bond acceptors (Lipinski definition) is 4. The molecule has 128 valence electrons. The first-order chi connectivity index (χ1) is 11.1. The Kier molecular flexibility index (Phi) is 6.98. The number of anilines is 1. The van der Waals surface area contributed by atoms with E-state index in [-0.39, 0.29) is 18.4 Å².